The summed E-state index contributed by atoms with van der Waals surface area (Å²) in [7, 11) is 1.73. The summed E-state index contributed by atoms with van der Waals surface area (Å²) >= 11 is 0. The van der Waals surface area contributed by atoms with Crippen LogP contribution in [-0.2, 0) is 6.54 Å². The van der Waals surface area contributed by atoms with Gasteiger partial charge in [-0.1, -0.05) is 12.1 Å². The van der Waals surface area contributed by atoms with Gasteiger partial charge in [0.25, 0.3) is 0 Å². The highest BCUT2D eigenvalue weighted by molar-refractivity contribution is 5.80. The summed E-state index contributed by atoms with van der Waals surface area (Å²) in [6, 6.07) is 8.21. The molecule has 1 aromatic heterocycles. The van der Waals surface area contributed by atoms with Gasteiger partial charge in [0.05, 0.1) is 32.1 Å². The molecule has 3 rings (SSSR count). The van der Waals surface area contributed by atoms with Crippen LogP contribution in [0.5, 0.6) is 5.75 Å². The molecule has 1 fully saturated rings. The molecule has 27 heavy (non-hydrogen) atoms. The highest BCUT2D eigenvalue weighted by Crippen LogP contribution is 2.28. The third-order valence-electron chi connectivity index (χ3n) is 4.69. The van der Waals surface area contributed by atoms with Gasteiger partial charge >= 0.3 is 0 Å². The summed E-state index contributed by atoms with van der Waals surface area (Å²) in [4.78, 5) is 9.52. The van der Waals surface area contributed by atoms with Gasteiger partial charge in [0.1, 0.15) is 5.75 Å². The molecule has 146 valence electrons. The van der Waals surface area contributed by atoms with E-state index in [1.54, 1.807) is 7.11 Å². The van der Waals surface area contributed by atoms with Crippen LogP contribution in [0.25, 0.3) is 0 Å². The Hall–Kier alpha value is -2.70. The first-order valence-electron chi connectivity index (χ1n) is 9.61. The monoisotopic (exact) mass is 370 g/mol. The molecule has 0 unspecified atom stereocenters. The van der Waals surface area contributed by atoms with Crippen LogP contribution < -0.4 is 15.0 Å². The lowest BCUT2D eigenvalue weighted by Crippen LogP contribution is -2.52. The van der Waals surface area contributed by atoms with Gasteiger partial charge in [-0.25, -0.2) is 0 Å². The van der Waals surface area contributed by atoms with E-state index in [1.807, 2.05) is 23.0 Å². The third kappa shape index (κ3) is 4.93. The number of hydrogen-bond acceptors (Lipinski definition) is 4. The molecule has 0 bridgehead atoms. The Labute approximate surface area is 161 Å². The zero-order valence-corrected chi connectivity index (χ0v) is 16.6. The number of benzene rings is 1. The molecular weight excluding hydrogens is 340 g/mol. The van der Waals surface area contributed by atoms with Gasteiger partial charge in [0.2, 0.25) is 0 Å². The second-order valence-electron chi connectivity index (χ2n) is 6.66. The molecule has 7 nitrogen and oxygen atoms in total. The van der Waals surface area contributed by atoms with Gasteiger partial charge in [0, 0.05) is 38.9 Å². The maximum atomic E-state index is 5.51. The number of methoxy groups -OCH3 is 1. The quantitative estimate of drug-likeness (QED) is 0.622. The fourth-order valence-corrected chi connectivity index (χ4v) is 3.32. The van der Waals surface area contributed by atoms with Crippen LogP contribution in [0, 0.1) is 6.92 Å². The number of nitrogens with zero attached hydrogens (tertiary/aromatic N) is 5. The number of guanidine groups is 1. The number of rotatable bonds is 6. The van der Waals surface area contributed by atoms with Crippen LogP contribution >= 0.6 is 0 Å². The van der Waals surface area contributed by atoms with E-state index in [4.69, 9.17) is 9.73 Å². The molecule has 1 aliphatic rings. The molecule has 1 aromatic carbocycles. The lowest BCUT2D eigenvalue weighted by atomic mass is 10.2. The van der Waals surface area contributed by atoms with Gasteiger partial charge in [-0.05, 0) is 31.5 Å². The van der Waals surface area contributed by atoms with Gasteiger partial charge in [-0.2, -0.15) is 5.10 Å². The normalized spacial score (nSPS) is 15.1. The average molecular weight is 371 g/mol. The molecule has 7 heteroatoms. The zero-order chi connectivity index (χ0) is 19.1. The standard InChI is InChI=1S/C20H30N6O/c1-4-21-20(22-9-10-26-16-17(2)15-23-26)25-13-11-24(12-14-25)18-7-5-6-8-19(18)27-3/h5-8,15-16H,4,9-14H2,1-3H3,(H,21,22). The van der Waals surface area contributed by atoms with Crippen LogP contribution in [0.2, 0.25) is 0 Å². The van der Waals surface area contributed by atoms with Crippen molar-refractivity contribution in [3.8, 4) is 5.75 Å². The van der Waals surface area contributed by atoms with Gasteiger partial charge in [-0.15, -0.1) is 0 Å². The maximum Gasteiger partial charge on any atom is 0.194 e. The van der Waals surface area contributed by atoms with Crippen molar-refractivity contribution in [2.45, 2.75) is 20.4 Å². The number of aliphatic imine (C=N–C) groups is 1. The van der Waals surface area contributed by atoms with Gasteiger partial charge < -0.3 is 19.9 Å². The Morgan fingerprint density at radius 3 is 2.67 bits per heavy atom. The van der Waals surface area contributed by atoms with E-state index in [1.165, 1.54) is 5.56 Å². The maximum absolute atomic E-state index is 5.51. The van der Waals surface area contributed by atoms with Crippen molar-refractivity contribution in [1.82, 2.24) is 20.0 Å². The number of aromatic nitrogens is 2. The highest BCUT2D eigenvalue weighted by Gasteiger charge is 2.21. The Morgan fingerprint density at radius 2 is 2.00 bits per heavy atom. The van der Waals surface area contributed by atoms with Crippen molar-refractivity contribution in [3.05, 3.63) is 42.2 Å². The van der Waals surface area contributed by atoms with E-state index in [2.05, 4.69) is 52.4 Å². The van der Waals surface area contributed by atoms with Crippen LogP contribution in [0.3, 0.4) is 0 Å². The molecule has 0 radical (unpaired) electrons. The second kappa shape index (κ2) is 9.30. The molecule has 1 N–H and O–H groups in total. The molecule has 2 aromatic rings. The fraction of sp³-hybridized carbons (Fsp3) is 0.500. The van der Waals surface area contributed by atoms with Crippen LogP contribution in [0.4, 0.5) is 5.69 Å². The molecule has 0 spiro atoms. The van der Waals surface area contributed by atoms with E-state index in [0.717, 1.165) is 63.2 Å². The Morgan fingerprint density at radius 1 is 1.22 bits per heavy atom. The number of nitrogens with one attached hydrogen (secondary N) is 1. The summed E-state index contributed by atoms with van der Waals surface area (Å²) in [6.45, 7) is 10.3. The van der Waals surface area contributed by atoms with E-state index in [9.17, 15) is 0 Å². The van der Waals surface area contributed by atoms with Crippen molar-refractivity contribution in [1.29, 1.82) is 0 Å². The smallest absolute Gasteiger partial charge is 0.194 e. The zero-order valence-electron chi connectivity index (χ0n) is 16.6. The summed E-state index contributed by atoms with van der Waals surface area (Å²) in [5.41, 5.74) is 2.34. The summed E-state index contributed by atoms with van der Waals surface area (Å²) in [5, 5.41) is 7.75. The average Bonchev–Trinajstić information content (AvgIpc) is 3.12. The fourth-order valence-electron chi connectivity index (χ4n) is 3.32. The minimum absolute atomic E-state index is 0.718. The van der Waals surface area contributed by atoms with Crippen LogP contribution in [0.15, 0.2) is 41.7 Å². The molecule has 0 saturated carbocycles. The van der Waals surface area contributed by atoms with Crippen LogP contribution in [-0.4, -0.2) is 67.0 Å². The van der Waals surface area contributed by atoms with Gasteiger partial charge in [-0.3, -0.25) is 9.67 Å². The SMILES string of the molecule is CCNC(=NCCn1cc(C)cn1)N1CCN(c2ccccc2OC)CC1. The molecule has 2 heterocycles. The lowest BCUT2D eigenvalue weighted by Gasteiger charge is -2.38. The van der Waals surface area contributed by atoms with Crippen molar-refractivity contribution < 1.29 is 4.74 Å². The third-order valence-corrected chi connectivity index (χ3v) is 4.69. The van der Waals surface area contributed by atoms with Crippen LogP contribution in [0.1, 0.15) is 12.5 Å². The van der Waals surface area contributed by atoms with Crippen molar-refractivity contribution in [2.24, 2.45) is 4.99 Å². The number of hydrogen-bond donors (Lipinski definition) is 1. The van der Waals surface area contributed by atoms with E-state index in [-0.39, 0.29) is 0 Å². The predicted octanol–water partition coefficient (Wildman–Crippen LogP) is 1.99. The largest absolute Gasteiger partial charge is 0.495 e. The Kier molecular flexibility index (Phi) is 6.57. The first kappa shape index (κ1) is 19.1. The molecule has 0 aliphatic carbocycles. The van der Waals surface area contributed by atoms with Gasteiger partial charge in [0.15, 0.2) is 5.96 Å². The molecular formula is C20H30N6O. The molecule has 0 atom stereocenters. The molecule has 0 amide bonds. The molecule has 1 saturated heterocycles. The number of para-hydroxylation sites is 2. The topological polar surface area (TPSA) is 57.9 Å². The minimum atomic E-state index is 0.718. The summed E-state index contributed by atoms with van der Waals surface area (Å²) < 4.78 is 7.46. The minimum Gasteiger partial charge on any atom is -0.495 e. The predicted molar refractivity (Wildman–Crippen MR) is 110 cm³/mol. The van der Waals surface area contributed by atoms with E-state index >= 15 is 0 Å². The first-order valence-corrected chi connectivity index (χ1v) is 9.61. The Balaban J connectivity index is 1.58. The van der Waals surface area contributed by atoms with Crippen molar-refractivity contribution in [2.75, 3.05) is 51.3 Å². The highest BCUT2D eigenvalue weighted by atomic mass is 16.5. The van der Waals surface area contributed by atoms with E-state index < -0.39 is 0 Å². The second-order valence-corrected chi connectivity index (χ2v) is 6.66. The van der Waals surface area contributed by atoms with E-state index in [0.29, 0.717) is 0 Å². The lowest BCUT2D eigenvalue weighted by molar-refractivity contribution is 0.366. The first-order chi connectivity index (χ1) is 13.2. The summed E-state index contributed by atoms with van der Waals surface area (Å²) in [5.74, 6) is 1.92. The number of aryl methyl sites for hydroxylation is 1. The number of piperazine rings is 1. The van der Waals surface area contributed by atoms with Crippen molar-refractivity contribution in [3.63, 3.8) is 0 Å². The Bertz CT molecular complexity index is 748. The number of anilines is 1. The molecule has 1 aliphatic heterocycles. The summed E-state index contributed by atoms with van der Waals surface area (Å²) in [6.07, 6.45) is 3.93. The number of ether oxygens (including phenoxy) is 1. The van der Waals surface area contributed by atoms with Crippen molar-refractivity contribution >= 4 is 11.6 Å².